The van der Waals surface area contributed by atoms with Crippen LogP contribution in [0.4, 0.5) is 14.6 Å². The van der Waals surface area contributed by atoms with Gasteiger partial charge in [0.1, 0.15) is 17.5 Å². The van der Waals surface area contributed by atoms with Crippen molar-refractivity contribution >= 4 is 5.82 Å². The second-order valence-electron chi connectivity index (χ2n) is 3.01. The Morgan fingerprint density at radius 1 is 1.27 bits per heavy atom. The molecular formula is C10H9F2N3. The lowest BCUT2D eigenvalue weighted by molar-refractivity contribution is 0.588. The fraction of sp³-hybridized carbons (Fsp3) is 0.100. The molecular weight excluding hydrogens is 200 g/mol. The van der Waals surface area contributed by atoms with E-state index in [1.165, 1.54) is 18.2 Å². The zero-order chi connectivity index (χ0) is 10.8. The van der Waals surface area contributed by atoms with Crippen LogP contribution in [-0.2, 0) is 0 Å². The van der Waals surface area contributed by atoms with Crippen LogP contribution >= 0.6 is 0 Å². The number of aromatic nitrogens is 2. The summed E-state index contributed by atoms with van der Waals surface area (Å²) in [6.45, 7) is 0. The zero-order valence-electron chi connectivity index (χ0n) is 8.01. The van der Waals surface area contributed by atoms with Crippen molar-refractivity contribution in [1.29, 1.82) is 0 Å². The molecule has 1 aromatic heterocycles. The van der Waals surface area contributed by atoms with Gasteiger partial charge >= 0.3 is 0 Å². The molecule has 0 fully saturated rings. The molecule has 0 amide bonds. The minimum absolute atomic E-state index is 0.0912. The molecule has 1 heterocycles. The van der Waals surface area contributed by atoms with Crippen LogP contribution in [0, 0.1) is 11.6 Å². The van der Waals surface area contributed by atoms with E-state index in [-0.39, 0.29) is 5.56 Å². The molecule has 0 spiro atoms. The van der Waals surface area contributed by atoms with E-state index in [4.69, 9.17) is 0 Å². The van der Waals surface area contributed by atoms with Crippen molar-refractivity contribution in [3.8, 4) is 11.3 Å². The molecule has 0 aliphatic heterocycles. The van der Waals surface area contributed by atoms with E-state index in [1.807, 2.05) is 0 Å². The Balaban J connectivity index is 2.53. The van der Waals surface area contributed by atoms with Gasteiger partial charge in [0.25, 0.3) is 0 Å². The molecule has 2 N–H and O–H groups in total. The van der Waals surface area contributed by atoms with Crippen LogP contribution in [0.1, 0.15) is 0 Å². The predicted octanol–water partition coefficient (Wildman–Crippen LogP) is 2.40. The quantitative estimate of drug-likeness (QED) is 0.797. The molecule has 2 aromatic rings. The molecule has 0 saturated heterocycles. The lowest BCUT2D eigenvalue weighted by Gasteiger charge is -2.00. The molecule has 0 atom stereocenters. The van der Waals surface area contributed by atoms with Gasteiger partial charge in [-0.25, -0.2) is 8.78 Å². The van der Waals surface area contributed by atoms with Crippen molar-refractivity contribution in [1.82, 2.24) is 10.2 Å². The highest BCUT2D eigenvalue weighted by atomic mass is 19.1. The van der Waals surface area contributed by atoms with E-state index < -0.39 is 11.6 Å². The summed E-state index contributed by atoms with van der Waals surface area (Å²) >= 11 is 0. The molecule has 0 aliphatic rings. The van der Waals surface area contributed by atoms with Gasteiger partial charge in [0, 0.05) is 13.1 Å². The van der Waals surface area contributed by atoms with Crippen LogP contribution in [0.5, 0.6) is 0 Å². The summed E-state index contributed by atoms with van der Waals surface area (Å²) in [5.41, 5.74) is 0.224. The highest BCUT2D eigenvalue weighted by molar-refractivity contribution is 5.63. The summed E-state index contributed by atoms with van der Waals surface area (Å²) in [6.07, 6.45) is 0. The van der Waals surface area contributed by atoms with Gasteiger partial charge < -0.3 is 5.32 Å². The SMILES string of the molecule is CNc1cc(-c2c(F)cccc2F)[nH]n1. The van der Waals surface area contributed by atoms with Crippen molar-refractivity contribution in [2.45, 2.75) is 0 Å². The number of rotatable bonds is 2. The van der Waals surface area contributed by atoms with E-state index in [1.54, 1.807) is 13.1 Å². The summed E-state index contributed by atoms with van der Waals surface area (Å²) in [5.74, 6) is -0.685. The van der Waals surface area contributed by atoms with E-state index in [0.29, 0.717) is 11.5 Å². The number of anilines is 1. The fourth-order valence-electron chi connectivity index (χ4n) is 1.33. The van der Waals surface area contributed by atoms with Gasteiger partial charge in [0.15, 0.2) is 0 Å². The molecule has 0 radical (unpaired) electrons. The number of nitrogens with zero attached hydrogens (tertiary/aromatic N) is 1. The molecule has 0 unspecified atom stereocenters. The largest absolute Gasteiger partial charge is 0.372 e. The van der Waals surface area contributed by atoms with Gasteiger partial charge in [-0.05, 0) is 12.1 Å². The average molecular weight is 209 g/mol. The Morgan fingerprint density at radius 3 is 2.47 bits per heavy atom. The third-order valence-corrected chi connectivity index (χ3v) is 2.07. The van der Waals surface area contributed by atoms with Crippen LogP contribution < -0.4 is 5.32 Å². The standard InChI is InChI=1S/C10H9F2N3/c1-13-9-5-8(14-15-9)10-6(11)3-2-4-7(10)12/h2-5H,1H3,(H2,13,14,15). The average Bonchev–Trinajstić information content (AvgIpc) is 2.66. The van der Waals surface area contributed by atoms with Crippen LogP contribution in [0.3, 0.4) is 0 Å². The predicted molar refractivity (Wildman–Crippen MR) is 53.5 cm³/mol. The maximum atomic E-state index is 13.3. The van der Waals surface area contributed by atoms with E-state index in [2.05, 4.69) is 15.5 Å². The lowest BCUT2D eigenvalue weighted by atomic mass is 10.1. The molecule has 78 valence electrons. The van der Waals surface area contributed by atoms with Crippen LogP contribution in [0.15, 0.2) is 24.3 Å². The summed E-state index contributed by atoms with van der Waals surface area (Å²) in [4.78, 5) is 0. The van der Waals surface area contributed by atoms with E-state index in [9.17, 15) is 8.78 Å². The molecule has 0 aliphatic carbocycles. The number of nitrogens with one attached hydrogen (secondary N) is 2. The third-order valence-electron chi connectivity index (χ3n) is 2.07. The van der Waals surface area contributed by atoms with Gasteiger partial charge in [0.2, 0.25) is 0 Å². The first kappa shape index (κ1) is 9.64. The Morgan fingerprint density at radius 2 is 1.93 bits per heavy atom. The van der Waals surface area contributed by atoms with Gasteiger partial charge in [-0.15, -0.1) is 0 Å². The van der Waals surface area contributed by atoms with Gasteiger partial charge in [0.05, 0.1) is 11.3 Å². The number of halogens is 2. The third kappa shape index (κ3) is 1.68. The van der Waals surface area contributed by atoms with Crippen LogP contribution in [0.2, 0.25) is 0 Å². The normalized spacial score (nSPS) is 10.3. The molecule has 15 heavy (non-hydrogen) atoms. The summed E-state index contributed by atoms with van der Waals surface area (Å²) in [6, 6.07) is 5.28. The number of aromatic amines is 1. The van der Waals surface area contributed by atoms with Gasteiger partial charge in [-0.2, -0.15) is 5.10 Å². The molecule has 5 heteroatoms. The lowest BCUT2D eigenvalue weighted by Crippen LogP contribution is -1.89. The highest BCUT2D eigenvalue weighted by Crippen LogP contribution is 2.25. The van der Waals surface area contributed by atoms with Gasteiger partial charge in [-0.3, -0.25) is 5.10 Å². The second-order valence-corrected chi connectivity index (χ2v) is 3.01. The van der Waals surface area contributed by atoms with E-state index in [0.717, 1.165) is 0 Å². The maximum absolute atomic E-state index is 13.3. The number of benzene rings is 1. The molecule has 3 nitrogen and oxygen atoms in total. The Kier molecular flexibility index (Phi) is 2.37. The smallest absolute Gasteiger partial charge is 0.148 e. The van der Waals surface area contributed by atoms with Crippen molar-refractivity contribution in [2.24, 2.45) is 0 Å². The summed E-state index contributed by atoms with van der Waals surface area (Å²) in [5, 5.41) is 9.15. The molecule has 1 aromatic carbocycles. The minimum Gasteiger partial charge on any atom is -0.372 e. The summed E-state index contributed by atoms with van der Waals surface area (Å²) < 4.78 is 26.7. The molecule has 0 saturated carbocycles. The monoisotopic (exact) mass is 209 g/mol. The number of H-pyrrole nitrogens is 1. The maximum Gasteiger partial charge on any atom is 0.148 e. The van der Waals surface area contributed by atoms with Crippen molar-refractivity contribution < 1.29 is 8.78 Å². The summed E-state index contributed by atoms with van der Waals surface area (Å²) in [7, 11) is 1.68. The zero-order valence-corrected chi connectivity index (χ0v) is 8.01. The van der Waals surface area contributed by atoms with Crippen molar-refractivity contribution in [3.63, 3.8) is 0 Å². The molecule has 2 rings (SSSR count). The minimum atomic E-state index is -0.610. The Hall–Kier alpha value is -1.91. The topological polar surface area (TPSA) is 40.7 Å². The van der Waals surface area contributed by atoms with Crippen LogP contribution in [-0.4, -0.2) is 17.2 Å². The van der Waals surface area contributed by atoms with E-state index >= 15 is 0 Å². The number of hydrogen-bond acceptors (Lipinski definition) is 2. The fourth-order valence-corrected chi connectivity index (χ4v) is 1.33. The van der Waals surface area contributed by atoms with Crippen molar-refractivity contribution in [3.05, 3.63) is 35.9 Å². The Labute approximate surface area is 85.1 Å². The number of hydrogen-bond donors (Lipinski definition) is 2. The van der Waals surface area contributed by atoms with Gasteiger partial charge in [-0.1, -0.05) is 6.07 Å². The van der Waals surface area contributed by atoms with Crippen LogP contribution in [0.25, 0.3) is 11.3 Å². The highest BCUT2D eigenvalue weighted by Gasteiger charge is 2.12. The van der Waals surface area contributed by atoms with Crippen molar-refractivity contribution in [2.75, 3.05) is 12.4 Å². The first-order valence-corrected chi connectivity index (χ1v) is 4.40. The second kappa shape index (κ2) is 3.68. The molecule has 0 bridgehead atoms. The Bertz CT molecular complexity index is 459. The first-order valence-electron chi connectivity index (χ1n) is 4.40. The first-order chi connectivity index (χ1) is 7.22.